The molecule has 0 aliphatic carbocycles. The number of amides is 2. The summed E-state index contributed by atoms with van der Waals surface area (Å²) in [6, 6.07) is 16.0. The van der Waals surface area contributed by atoms with E-state index in [1.807, 2.05) is 60.7 Å². The van der Waals surface area contributed by atoms with Crippen LogP contribution < -0.4 is 14.9 Å². The minimum atomic E-state index is -3.41. The second-order valence-corrected chi connectivity index (χ2v) is 12.2. The molecule has 1 spiro atoms. The summed E-state index contributed by atoms with van der Waals surface area (Å²) in [6.45, 7) is 2.33. The zero-order valence-corrected chi connectivity index (χ0v) is 22.3. The van der Waals surface area contributed by atoms with E-state index in [1.54, 1.807) is 11.0 Å². The largest absolute Gasteiger partial charge is 0.374 e. The van der Waals surface area contributed by atoms with Gasteiger partial charge in [0.2, 0.25) is 21.8 Å². The van der Waals surface area contributed by atoms with Gasteiger partial charge in [-0.3, -0.25) is 19.2 Å². The number of hydrogen-bond acceptors (Lipinski definition) is 6. The summed E-state index contributed by atoms with van der Waals surface area (Å²) in [6.07, 6.45) is 6.19. The maximum absolute atomic E-state index is 13.6. The van der Waals surface area contributed by atoms with Crippen LogP contribution in [0.3, 0.4) is 0 Å². The molecule has 2 amide bonds. The Labute approximate surface area is 223 Å². The van der Waals surface area contributed by atoms with Crippen LogP contribution in [-0.2, 0) is 36.4 Å². The lowest BCUT2D eigenvalue weighted by Gasteiger charge is -2.41. The Morgan fingerprint density at radius 1 is 1.11 bits per heavy atom. The Morgan fingerprint density at radius 2 is 1.82 bits per heavy atom. The molecule has 0 radical (unpaired) electrons. The first kappa shape index (κ1) is 26.4. The van der Waals surface area contributed by atoms with E-state index in [1.165, 1.54) is 10.6 Å². The Balaban J connectivity index is 1.27. The van der Waals surface area contributed by atoms with Crippen molar-refractivity contribution in [3.8, 4) is 0 Å². The monoisotopic (exact) mass is 538 g/mol. The van der Waals surface area contributed by atoms with Crippen molar-refractivity contribution in [2.75, 3.05) is 43.3 Å². The third kappa shape index (κ3) is 5.48. The van der Waals surface area contributed by atoms with Gasteiger partial charge in [0.1, 0.15) is 12.1 Å². The summed E-state index contributed by atoms with van der Waals surface area (Å²) in [5, 5.41) is 5.97. The number of anilines is 1. The summed E-state index contributed by atoms with van der Waals surface area (Å²) in [5.74, 6) is -0.447. The number of ether oxygens (including phenoxy) is 1. The van der Waals surface area contributed by atoms with Crippen LogP contribution in [0.5, 0.6) is 0 Å². The molecule has 0 unspecified atom stereocenters. The number of hydrogen-bond donors (Lipinski definition) is 2. The van der Waals surface area contributed by atoms with Crippen molar-refractivity contribution in [1.29, 1.82) is 0 Å². The van der Waals surface area contributed by atoms with Crippen molar-refractivity contribution in [3.63, 3.8) is 0 Å². The van der Waals surface area contributed by atoms with E-state index in [0.717, 1.165) is 16.8 Å². The van der Waals surface area contributed by atoms with Crippen molar-refractivity contribution in [2.45, 2.75) is 36.9 Å². The lowest BCUT2D eigenvalue weighted by atomic mass is 9.74. The molecule has 10 heteroatoms. The number of likely N-dealkylation sites (tertiary alicyclic amines) is 1. The predicted octanol–water partition coefficient (Wildman–Crippen LogP) is 1.56. The van der Waals surface area contributed by atoms with Gasteiger partial charge >= 0.3 is 0 Å². The van der Waals surface area contributed by atoms with Crippen LogP contribution in [0.2, 0.25) is 0 Å². The molecular formula is C28H34N4O5S. The fourth-order valence-corrected chi connectivity index (χ4v) is 6.63. The lowest BCUT2D eigenvalue weighted by molar-refractivity contribution is -0.140. The molecule has 0 bridgehead atoms. The minimum Gasteiger partial charge on any atom is -0.374 e. The van der Waals surface area contributed by atoms with Gasteiger partial charge in [-0.05, 0) is 30.0 Å². The smallest absolute Gasteiger partial charge is 0.247 e. The Morgan fingerprint density at radius 3 is 2.50 bits per heavy atom. The third-order valence-electron chi connectivity index (χ3n) is 7.70. The minimum absolute atomic E-state index is 0.0578. The highest BCUT2D eigenvalue weighted by molar-refractivity contribution is 7.92. The van der Waals surface area contributed by atoms with Crippen LogP contribution in [-0.4, -0.2) is 76.3 Å². The van der Waals surface area contributed by atoms with Gasteiger partial charge in [-0.15, -0.1) is 0 Å². The van der Waals surface area contributed by atoms with Gasteiger partial charge in [-0.25, -0.2) is 8.42 Å². The van der Waals surface area contributed by atoms with E-state index in [2.05, 4.69) is 10.6 Å². The fourth-order valence-electron chi connectivity index (χ4n) is 5.64. The molecule has 202 valence electrons. The van der Waals surface area contributed by atoms with Gasteiger partial charge in [0.15, 0.2) is 0 Å². The van der Waals surface area contributed by atoms with Crippen LogP contribution in [0.25, 0.3) is 0 Å². The number of sulfonamides is 1. The van der Waals surface area contributed by atoms with Crippen molar-refractivity contribution in [1.82, 2.24) is 15.5 Å². The molecule has 2 atom stereocenters. The highest BCUT2D eigenvalue weighted by atomic mass is 32.2. The molecule has 3 aliphatic rings. The number of fused-ring (bicyclic) bond motifs is 2. The van der Waals surface area contributed by atoms with Crippen LogP contribution in [0, 0.1) is 0 Å². The van der Waals surface area contributed by atoms with Crippen molar-refractivity contribution in [3.05, 3.63) is 77.9 Å². The number of carbonyl (C=O) groups excluding carboxylic acids is 2. The average molecular weight is 539 g/mol. The van der Waals surface area contributed by atoms with Gasteiger partial charge in [0, 0.05) is 31.6 Å². The third-order valence-corrected chi connectivity index (χ3v) is 8.83. The van der Waals surface area contributed by atoms with E-state index in [9.17, 15) is 18.0 Å². The first-order valence-corrected chi connectivity index (χ1v) is 14.8. The fraction of sp³-hybridized carbons (Fsp3) is 0.429. The van der Waals surface area contributed by atoms with E-state index >= 15 is 0 Å². The number of nitrogens with one attached hydrogen (secondary N) is 2. The normalized spacial score (nSPS) is 20.9. The molecule has 1 fully saturated rings. The molecule has 2 aromatic carbocycles. The van der Waals surface area contributed by atoms with Crippen LogP contribution in [0.1, 0.15) is 24.0 Å². The van der Waals surface area contributed by atoms with Crippen molar-refractivity contribution in [2.24, 2.45) is 0 Å². The number of rotatable bonds is 8. The second-order valence-electron chi connectivity index (χ2n) is 10.3. The van der Waals surface area contributed by atoms with Crippen molar-refractivity contribution >= 4 is 27.5 Å². The van der Waals surface area contributed by atoms with Crippen LogP contribution in [0.4, 0.5) is 5.69 Å². The molecule has 2 N–H and O–H groups in total. The lowest BCUT2D eigenvalue weighted by Crippen LogP contribution is -2.57. The average Bonchev–Trinajstić information content (AvgIpc) is 3.57. The van der Waals surface area contributed by atoms with E-state index in [0.29, 0.717) is 45.6 Å². The molecule has 3 aliphatic heterocycles. The highest BCUT2D eigenvalue weighted by Gasteiger charge is 2.47. The molecule has 38 heavy (non-hydrogen) atoms. The standard InChI is InChI=1S/C28H34N4O5S/c1-38(35,36)32-20-28(22-10-5-6-12-25(22)32)13-16-31(17-14-28)27(34)24(30-26(33)23-11-7-15-29-23)19-37-18-21-8-3-2-4-9-21/h2-12,23-24,29H,13-20H2,1H3,(H,30,33)/t23-,24+/m0/s1. The molecule has 2 aromatic rings. The molecule has 3 heterocycles. The van der Waals surface area contributed by atoms with E-state index < -0.39 is 22.1 Å². The molecule has 0 aromatic heterocycles. The topological polar surface area (TPSA) is 108 Å². The number of nitrogens with zero attached hydrogens (tertiary/aromatic N) is 2. The second kappa shape index (κ2) is 10.9. The molecule has 0 saturated carbocycles. The zero-order chi connectivity index (χ0) is 26.8. The van der Waals surface area contributed by atoms with Gasteiger partial charge in [0.05, 0.1) is 25.2 Å². The number of carbonyl (C=O) groups is 2. The van der Waals surface area contributed by atoms with Crippen LogP contribution in [0.15, 0.2) is 66.7 Å². The van der Waals surface area contributed by atoms with E-state index in [-0.39, 0.29) is 23.8 Å². The summed E-state index contributed by atoms with van der Waals surface area (Å²) >= 11 is 0. The zero-order valence-electron chi connectivity index (χ0n) is 21.5. The van der Waals surface area contributed by atoms with Gasteiger partial charge in [-0.2, -0.15) is 0 Å². The van der Waals surface area contributed by atoms with Gasteiger partial charge in [0.25, 0.3) is 0 Å². The van der Waals surface area contributed by atoms with Gasteiger partial charge in [-0.1, -0.05) is 60.7 Å². The summed E-state index contributed by atoms with van der Waals surface area (Å²) in [5.41, 5.74) is 2.40. The van der Waals surface area contributed by atoms with Gasteiger partial charge < -0.3 is 15.0 Å². The van der Waals surface area contributed by atoms with Crippen molar-refractivity contribution < 1.29 is 22.7 Å². The Hall–Kier alpha value is -3.21. The maximum Gasteiger partial charge on any atom is 0.247 e. The Kier molecular flexibility index (Phi) is 7.56. The highest BCUT2D eigenvalue weighted by Crippen LogP contribution is 2.47. The summed E-state index contributed by atoms with van der Waals surface area (Å²) in [7, 11) is -3.41. The molecular weight excluding hydrogens is 504 g/mol. The van der Waals surface area contributed by atoms with Crippen LogP contribution >= 0.6 is 0 Å². The first-order valence-electron chi connectivity index (χ1n) is 12.9. The SMILES string of the molecule is CS(=O)(=O)N1CC2(CCN(C(=O)[C@@H](COCc3ccccc3)NC(=O)[C@@H]3C=CCN3)CC2)c2ccccc21. The first-order chi connectivity index (χ1) is 18.3. The number of benzene rings is 2. The molecule has 9 nitrogen and oxygen atoms in total. The maximum atomic E-state index is 13.6. The summed E-state index contributed by atoms with van der Waals surface area (Å²) in [4.78, 5) is 28.3. The molecule has 5 rings (SSSR count). The molecule has 1 saturated heterocycles. The summed E-state index contributed by atoms with van der Waals surface area (Å²) < 4.78 is 32.4. The quantitative estimate of drug-likeness (QED) is 0.494. The number of para-hydroxylation sites is 1. The Bertz CT molecular complexity index is 1310. The van der Waals surface area contributed by atoms with E-state index in [4.69, 9.17) is 4.74 Å². The number of piperidine rings is 1. The predicted molar refractivity (Wildman–Crippen MR) is 145 cm³/mol.